The van der Waals surface area contributed by atoms with Gasteiger partial charge in [-0.25, -0.2) is 4.79 Å². The van der Waals surface area contributed by atoms with Crippen molar-refractivity contribution in [2.45, 2.75) is 58.3 Å². The zero-order chi connectivity index (χ0) is 15.2. The summed E-state index contributed by atoms with van der Waals surface area (Å²) >= 11 is 0. The van der Waals surface area contributed by atoms with E-state index in [1.54, 1.807) is 11.8 Å². The van der Waals surface area contributed by atoms with Crippen LogP contribution in [-0.2, 0) is 9.47 Å². The zero-order valence-corrected chi connectivity index (χ0v) is 12.8. The Morgan fingerprint density at radius 2 is 2.25 bits per heavy atom. The lowest BCUT2D eigenvalue weighted by molar-refractivity contribution is -0.0674. The summed E-state index contributed by atoms with van der Waals surface area (Å²) in [7, 11) is 0. The largest absolute Gasteiger partial charge is 0.444 e. The number of hydrogen-bond acceptors (Lipinski definition) is 4. The van der Waals surface area contributed by atoms with Crippen LogP contribution in [0.4, 0.5) is 4.79 Å². The van der Waals surface area contributed by atoms with Crippen molar-refractivity contribution in [1.82, 2.24) is 4.90 Å². The molecule has 1 N–H and O–H groups in total. The smallest absolute Gasteiger partial charge is 0.410 e. The van der Waals surface area contributed by atoms with Crippen molar-refractivity contribution in [2.75, 3.05) is 19.8 Å². The Morgan fingerprint density at radius 1 is 1.55 bits per heavy atom. The van der Waals surface area contributed by atoms with Crippen molar-refractivity contribution >= 4 is 6.09 Å². The average molecular weight is 283 g/mol. The Hall–Kier alpha value is -1.25. The molecule has 1 fully saturated rings. The molecule has 0 spiro atoms. The van der Waals surface area contributed by atoms with Gasteiger partial charge < -0.3 is 14.6 Å². The van der Waals surface area contributed by atoms with Gasteiger partial charge in [-0.1, -0.05) is 0 Å². The highest BCUT2D eigenvalue weighted by Crippen LogP contribution is 2.18. The van der Waals surface area contributed by atoms with Crippen molar-refractivity contribution < 1.29 is 19.4 Å². The number of amides is 1. The van der Waals surface area contributed by atoms with Crippen LogP contribution in [0.5, 0.6) is 0 Å². The molecule has 0 aromatic carbocycles. The number of carbonyl (C=O) groups is 1. The Kier molecular flexibility index (Phi) is 6.31. The molecule has 114 valence electrons. The molecule has 0 aliphatic carbocycles. The van der Waals surface area contributed by atoms with E-state index in [1.165, 1.54) is 0 Å². The molecule has 20 heavy (non-hydrogen) atoms. The van der Waals surface area contributed by atoms with Crippen molar-refractivity contribution in [3.05, 3.63) is 0 Å². The van der Waals surface area contributed by atoms with Gasteiger partial charge in [-0.15, -0.1) is 11.8 Å². The molecule has 0 saturated carbocycles. The first-order chi connectivity index (χ1) is 9.35. The Bertz CT molecular complexity index is 378. The van der Waals surface area contributed by atoms with Gasteiger partial charge in [0.15, 0.2) is 0 Å². The molecule has 1 saturated heterocycles. The number of hydrogen-bond donors (Lipinski definition) is 1. The summed E-state index contributed by atoms with van der Waals surface area (Å²) in [6.07, 6.45) is 0.0832. The van der Waals surface area contributed by atoms with E-state index >= 15 is 0 Å². The SMILES string of the molecule is CC#CCCC(O)C1COCCN1C(=O)OC(C)(C)C. The molecule has 1 heterocycles. The van der Waals surface area contributed by atoms with E-state index in [-0.39, 0.29) is 6.04 Å². The summed E-state index contributed by atoms with van der Waals surface area (Å²) in [5.74, 6) is 5.71. The molecule has 5 heteroatoms. The maximum atomic E-state index is 12.2. The molecule has 0 bridgehead atoms. The van der Waals surface area contributed by atoms with E-state index < -0.39 is 17.8 Å². The van der Waals surface area contributed by atoms with E-state index in [9.17, 15) is 9.90 Å². The summed E-state index contributed by atoms with van der Waals surface area (Å²) in [4.78, 5) is 13.7. The third-order valence-corrected chi connectivity index (χ3v) is 2.98. The molecule has 1 aliphatic heterocycles. The predicted octanol–water partition coefficient (Wildman–Crippen LogP) is 1.79. The fraction of sp³-hybridized carbons (Fsp3) is 0.800. The molecule has 0 aromatic heterocycles. The summed E-state index contributed by atoms with van der Waals surface area (Å²) in [6, 6.07) is -0.364. The van der Waals surface area contributed by atoms with E-state index in [2.05, 4.69) is 11.8 Å². The van der Waals surface area contributed by atoms with Crippen molar-refractivity contribution in [3.8, 4) is 11.8 Å². The minimum absolute atomic E-state index is 0.333. The van der Waals surface area contributed by atoms with E-state index in [0.29, 0.717) is 32.6 Å². The second kappa shape index (κ2) is 7.51. The molecule has 5 nitrogen and oxygen atoms in total. The van der Waals surface area contributed by atoms with Crippen LogP contribution in [0.1, 0.15) is 40.5 Å². The highest BCUT2D eigenvalue weighted by atomic mass is 16.6. The van der Waals surface area contributed by atoms with Gasteiger partial charge >= 0.3 is 6.09 Å². The number of carbonyl (C=O) groups excluding carboxylic acids is 1. The Morgan fingerprint density at radius 3 is 2.85 bits per heavy atom. The molecule has 2 atom stereocenters. The summed E-state index contributed by atoms with van der Waals surface area (Å²) in [6.45, 7) is 8.49. The lowest BCUT2D eigenvalue weighted by Crippen LogP contribution is -2.55. The average Bonchev–Trinajstić information content (AvgIpc) is 2.37. The van der Waals surface area contributed by atoms with E-state index in [0.717, 1.165) is 0 Å². The molecule has 0 radical (unpaired) electrons. The zero-order valence-electron chi connectivity index (χ0n) is 12.8. The van der Waals surface area contributed by atoms with Crippen molar-refractivity contribution in [3.63, 3.8) is 0 Å². The van der Waals surface area contributed by atoms with Crippen molar-refractivity contribution in [1.29, 1.82) is 0 Å². The highest BCUT2D eigenvalue weighted by molar-refractivity contribution is 5.68. The fourth-order valence-electron chi connectivity index (χ4n) is 2.03. The second-order valence-corrected chi connectivity index (χ2v) is 5.85. The molecule has 1 aliphatic rings. The maximum absolute atomic E-state index is 12.2. The van der Waals surface area contributed by atoms with Crippen molar-refractivity contribution in [2.24, 2.45) is 0 Å². The topological polar surface area (TPSA) is 59.0 Å². The number of aliphatic hydroxyl groups is 1. The van der Waals surface area contributed by atoms with Gasteiger partial charge in [-0.2, -0.15) is 0 Å². The minimum Gasteiger partial charge on any atom is -0.444 e. The fourth-order valence-corrected chi connectivity index (χ4v) is 2.03. The van der Waals surface area contributed by atoms with Gasteiger partial charge in [0.2, 0.25) is 0 Å². The molecule has 1 rings (SSSR count). The number of ether oxygens (including phenoxy) is 2. The first-order valence-corrected chi connectivity index (χ1v) is 7.00. The molecular formula is C15H25NO4. The van der Waals surface area contributed by atoms with Gasteiger partial charge in [-0.3, -0.25) is 4.90 Å². The number of morpholine rings is 1. The maximum Gasteiger partial charge on any atom is 0.410 e. The van der Waals surface area contributed by atoms with E-state index in [4.69, 9.17) is 9.47 Å². The Balaban J connectivity index is 2.65. The van der Waals surface area contributed by atoms with Gasteiger partial charge in [0.05, 0.1) is 25.4 Å². The van der Waals surface area contributed by atoms with Crippen LogP contribution in [0.2, 0.25) is 0 Å². The standard InChI is InChI=1S/C15H25NO4/c1-5-6-7-8-13(17)12-11-19-10-9-16(12)14(18)20-15(2,3)4/h12-13,17H,7-11H2,1-4H3. The molecule has 1 amide bonds. The third kappa shape index (κ3) is 5.40. The molecular weight excluding hydrogens is 258 g/mol. The second-order valence-electron chi connectivity index (χ2n) is 5.85. The predicted molar refractivity (Wildman–Crippen MR) is 76.2 cm³/mol. The van der Waals surface area contributed by atoms with Crippen LogP contribution < -0.4 is 0 Å². The van der Waals surface area contributed by atoms with Gasteiger partial charge in [0.1, 0.15) is 5.60 Å². The summed E-state index contributed by atoms with van der Waals surface area (Å²) in [5.41, 5.74) is -0.543. The number of nitrogens with zero attached hydrogens (tertiary/aromatic N) is 1. The van der Waals surface area contributed by atoms with Gasteiger partial charge in [0.25, 0.3) is 0 Å². The van der Waals surface area contributed by atoms with Crippen LogP contribution in [0.15, 0.2) is 0 Å². The minimum atomic E-state index is -0.649. The van der Waals surface area contributed by atoms with Crippen LogP contribution >= 0.6 is 0 Å². The lowest BCUT2D eigenvalue weighted by atomic mass is 10.0. The third-order valence-electron chi connectivity index (χ3n) is 2.98. The number of rotatable bonds is 3. The van der Waals surface area contributed by atoms with Crippen LogP contribution in [0.25, 0.3) is 0 Å². The summed E-state index contributed by atoms with van der Waals surface area (Å²) < 4.78 is 10.8. The first kappa shape index (κ1) is 16.8. The quantitative estimate of drug-likeness (QED) is 0.802. The van der Waals surface area contributed by atoms with Crippen LogP contribution in [0, 0.1) is 11.8 Å². The molecule has 2 unspecified atom stereocenters. The number of aliphatic hydroxyl groups excluding tert-OH is 1. The van der Waals surface area contributed by atoms with Crippen LogP contribution in [-0.4, -0.2) is 53.6 Å². The van der Waals surface area contributed by atoms with Gasteiger partial charge in [0, 0.05) is 13.0 Å². The monoisotopic (exact) mass is 283 g/mol. The Labute approximate surface area is 121 Å². The highest BCUT2D eigenvalue weighted by Gasteiger charge is 2.34. The normalized spacial score (nSPS) is 20.9. The summed E-state index contributed by atoms with van der Waals surface area (Å²) in [5, 5.41) is 10.2. The first-order valence-electron chi connectivity index (χ1n) is 7.00. The van der Waals surface area contributed by atoms with Crippen LogP contribution in [0.3, 0.4) is 0 Å². The molecule has 0 aromatic rings. The van der Waals surface area contributed by atoms with E-state index in [1.807, 2.05) is 20.8 Å². The lowest BCUT2D eigenvalue weighted by Gasteiger charge is -2.38. The van der Waals surface area contributed by atoms with Gasteiger partial charge in [-0.05, 0) is 34.1 Å².